The van der Waals surface area contributed by atoms with Crippen LogP contribution in [0.25, 0.3) is 0 Å². The first-order valence-corrected chi connectivity index (χ1v) is 15.7. The smallest absolute Gasteiger partial charge is 0.00385 e. The van der Waals surface area contributed by atoms with Crippen molar-refractivity contribution in [2.75, 3.05) is 52.4 Å². The predicted molar refractivity (Wildman–Crippen MR) is 164 cm³/mol. The Balaban J connectivity index is 0.000000450. The Bertz CT molecular complexity index is 400. The van der Waals surface area contributed by atoms with Gasteiger partial charge in [0.25, 0.3) is 0 Å². The van der Waals surface area contributed by atoms with Gasteiger partial charge in [0, 0.05) is 24.2 Å². The third kappa shape index (κ3) is 16.6. The third-order valence-corrected chi connectivity index (χ3v) is 8.23. The highest BCUT2D eigenvalue weighted by molar-refractivity contribution is 4.70. The highest BCUT2D eigenvalue weighted by Gasteiger charge is 2.14. The van der Waals surface area contributed by atoms with Gasteiger partial charge in [-0.05, 0) is 159 Å². The molecule has 0 N–H and O–H groups in total. The normalized spacial score (nSPS) is 22.3. The van der Waals surface area contributed by atoms with Gasteiger partial charge >= 0.3 is 0 Å². The van der Waals surface area contributed by atoms with E-state index in [2.05, 4.69) is 75.0 Å². The minimum atomic E-state index is 0. The van der Waals surface area contributed by atoms with Gasteiger partial charge in [-0.25, -0.2) is 0 Å². The van der Waals surface area contributed by atoms with Crippen LogP contribution in [0.3, 0.4) is 0 Å². The van der Waals surface area contributed by atoms with E-state index in [1.165, 1.54) is 123 Å². The van der Waals surface area contributed by atoms with E-state index in [-0.39, 0.29) is 7.43 Å². The van der Waals surface area contributed by atoms with Gasteiger partial charge in [0.2, 0.25) is 0 Å². The molecule has 0 saturated carbocycles. The zero-order chi connectivity index (χ0) is 26.1. The summed E-state index contributed by atoms with van der Waals surface area (Å²) in [5.41, 5.74) is 0. The van der Waals surface area contributed by atoms with Crippen LogP contribution in [-0.2, 0) is 0 Å². The Morgan fingerprint density at radius 2 is 0.417 bits per heavy atom. The summed E-state index contributed by atoms with van der Waals surface area (Å²) in [6.45, 7) is 28.9. The van der Waals surface area contributed by atoms with E-state index in [9.17, 15) is 0 Å². The van der Waals surface area contributed by atoms with E-state index >= 15 is 0 Å². The Kier molecular flexibility index (Phi) is 21.6. The van der Waals surface area contributed by atoms with E-state index in [1.54, 1.807) is 0 Å². The van der Waals surface area contributed by atoms with Crippen molar-refractivity contribution in [1.82, 2.24) is 19.6 Å². The second-order valence-electron chi connectivity index (χ2n) is 12.4. The van der Waals surface area contributed by atoms with Gasteiger partial charge in [-0.1, -0.05) is 26.7 Å². The zero-order valence-electron chi connectivity index (χ0n) is 25.5. The average molecular weight is 511 g/mol. The van der Waals surface area contributed by atoms with Crippen LogP contribution in [0.2, 0.25) is 0 Å². The van der Waals surface area contributed by atoms with E-state index in [0.717, 1.165) is 24.2 Å². The molecule has 4 aliphatic heterocycles. The molecule has 218 valence electrons. The maximum absolute atomic E-state index is 2.56. The minimum Gasteiger partial charge on any atom is -0.301 e. The first kappa shape index (κ1) is 35.8. The first-order valence-electron chi connectivity index (χ1n) is 15.7. The fourth-order valence-corrected chi connectivity index (χ4v) is 5.56. The third-order valence-electron chi connectivity index (χ3n) is 8.23. The van der Waals surface area contributed by atoms with Crippen molar-refractivity contribution in [1.29, 1.82) is 0 Å². The molecule has 0 spiro atoms. The Hall–Kier alpha value is -0.160. The van der Waals surface area contributed by atoms with E-state index < -0.39 is 0 Å². The molecule has 4 nitrogen and oxygen atoms in total. The molecule has 4 heteroatoms. The van der Waals surface area contributed by atoms with Crippen LogP contribution in [0, 0.1) is 0 Å². The molecule has 0 aromatic carbocycles. The Morgan fingerprint density at radius 1 is 0.278 bits per heavy atom. The van der Waals surface area contributed by atoms with Crippen LogP contribution in [0.4, 0.5) is 0 Å². The number of likely N-dealkylation sites (tertiary alicyclic amines) is 4. The molecule has 4 fully saturated rings. The van der Waals surface area contributed by atoms with Crippen LogP contribution >= 0.6 is 0 Å². The standard InChI is InChI=1S/3C8H17N.C7H15N.CH4/c3*1-8(2)9-6-4-3-5-7-9;1-7(2)8-5-3-4-6-8;/h3*8H,3-7H2,1-2H3;7H,3-6H2,1-2H3;1H4. The van der Waals surface area contributed by atoms with Crippen molar-refractivity contribution in [3.8, 4) is 0 Å². The first-order chi connectivity index (χ1) is 16.7. The largest absolute Gasteiger partial charge is 0.301 e. The van der Waals surface area contributed by atoms with Crippen molar-refractivity contribution in [3.63, 3.8) is 0 Å². The molecule has 0 aromatic heterocycles. The molecule has 0 unspecified atom stereocenters. The van der Waals surface area contributed by atoms with Crippen molar-refractivity contribution in [3.05, 3.63) is 0 Å². The number of hydrogen-bond acceptors (Lipinski definition) is 4. The lowest BCUT2D eigenvalue weighted by molar-refractivity contribution is 0.185. The molecule has 0 atom stereocenters. The highest BCUT2D eigenvalue weighted by atomic mass is 15.2. The van der Waals surface area contributed by atoms with Crippen molar-refractivity contribution < 1.29 is 0 Å². The Morgan fingerprint density at radius 3 is 0.528 bits per heavy atom. The number of piperidine rings is 3. The van der Waals surface area contributed by atoms with Gasteiger partial charge in [0.15, 0.2) is 0 Å². The molecular weight excluding hydrogens is 440 g/mol. The lowest BCUT2D eigenvalue weighted by atomic mass is 10.1. The fourth-order valence-electron chi connectivity index (χ4n) is 5.56. The van der Waals surface area contributed by atoms with Crippen LogP contribution in [-0.4, -0.2) is 96.1 Å². The van der Waals surface area contributed by atoms with E-state index in [1.807, 2.05) is 0 Å². The quantitative estimate of drug-likeness (QED) is 0.383. The summed E-state index contributed by atoms with van der Waals surface area (Å²) in [4.78, 5) is 10.2. The van der Waals surface area contributed by atoms with Crippen LogP contribution < -0.4 is 0 Å². The SMILES string of the molecule is C.CC(C)N1CCCC1.CC(C)N1CCCCC1.CC(C)N1CCCCC1.CC(C)N1CCCCC1. The molecule has 4 saturated heterocycles. The van der Waals surface area contributed by atoms with Gasteiger partial charge in [0.1, 0.15) is 0 Å². The average Bonchev–Trinajstić information content (AvgIpc) is 3.43. The molecule has 0 amide bonds. The summed E-state index contributed by atoms with van der Waals surface area (Å²) in [6.07, 6.45) is 15.7. The van der Waals surface area contributed by atoms with Crippen LogP contribution in [0.1, 0.15) is 133 Å². The van der Waals surface area contributed by atoms with Crippen LogP contribution in [0.15, 0.2) is 0 Å². The molecule has 0 aliphatic carbocycles. The molecule has 36 heavy (non-hydrogen) atoms. The second kappa shape index (κ2) is 21.7. The van der Waals surface area contributed by atoms with Crippen LogP contribution in [0.5, 0.6) is 0 Å². The van der Waals surface area contributed by atoms with Crippen molar-refractivity contribution in [2.24, 2.45) is 0 Å². The summed E-state index contributed by atoms with van der Waals surface area (Å²) in [7, 11) is 0. The molecule has 0 bridgehead atoms. The number of hydrogen-bond donors (Lipinski definition) is 0. The predicted octanol–water partition coefficient (Wildman–Crippen LogP) is 7.77. The number of rotatable bonds is 4. The lowest BCUT2D eigenvalue weighted by Gasteiger charge is -2.29. The van der Waals surface area contributed by atoms with Crippen molar-refractivity contribution >= 4 is 0 Å². The zero-order valence-corrected chi connectivity index (χ0v) is 25.5. The van der Waals surface area contributed by atoms with Crippen molar-refractivity contribution in [2.45, 2.75) is 158 Å². The fraction of sp³-hybridized carbons (Fsp3) is 1.00. The van der Waals surface area contributed by atoms with Gasteiger partial charge in [-0.3, -0.25) is 0 Å². The van der Waals surface area contributed by atoms with Gasteiger partial charge in [0.05, 0.1) is 0 Å². The molecule has 4 rings (SSSR count). The summed E-state index contributed by atoms with van der Waals surface area (Å²) >= 11 is 0. The maximum atomic E-state index is 2.56. The molecule has 0 radical (unpaired) electrons. The summed E-state index contributed by atoms with van der Waals surface area (Å²) in [6, 6.07) is 3.08. The molecule has 4 aliphatic rings. The summed E-state index contributed by atoms with van der Waals surface area (Å²) in [5.74, 6) is 0. The Labute approximate surface area is 229 Å². The van der Waals surface area contributed by atoms with Gasteiger partial charge in [-0.15, -0.1) is 0 Å². The maximum Gasteiger partial charge on any atom is 0.00385 e. The van der Waals surface area contributed by atoms with Gasteiger partial charge < -0.3 is 19.6 Å². The molecule has 4 heterocycles. The summed E-state index contributed by atoms with van der Waals surface area (Å²) < 4.78 is 0. The summed E-state index contributed by atoms with van der Waals surface area (Å²) in [5, 5.41) is 0. The minimum absolute atomic E-state index is 0. The second-order valence-corrected chi connectivity index (χ2v) is 12.4. The highest BCUT2D eigenvalue weighted by Crippen LogP contribution is 2.13. The monoisotopic (exact) mass is 511 g/mol. The molecule has 0 aromatic rings. The topological polar surface area (TPSA) is 13.0 Å². The van der Waals surface area contributed by atoms with E-state index in [0.29, 0.717) is 0 Å². The number of nitrogens with zero attached hydrogens (tertiary/aromatic N) is 4. The molecular formula is C32H70N4. The lowest BCUT2D eigenvalue weighted by Crippen LogP contribution is -2.35. The van der Waals surface area contributed by atoms with Gasteiger partial charge in [-0.2, -0.15) is 0 Å². The van der Waals surface area contributed by atoms with E-state index in [4.69, 9.17) is 0 Å².